The minimum Gasteiger partial charge on any atom is -0.733 e. The Kier molecular flexibility index (Phi) is 3.85. The second-order valence-corrected chi connectivity index (χ2v) is 6.06. The Balaban J connectivity index is 1.98. The minimum absolute atomic E-state index is 0.0651. The zero-order valence-corrected chi connectivity index (χ0v) is 14.0. The fourth-order valence-electron chi connectivity index (χ4n) is 2.66. The zero-order valence-electron chi connectivity index (χ0n) is 12.5. The molecule has 0 bridgehead atoms. The first-order valence-corrected chi connectivity index (χ1v) is 7.94. The Bertz CT molecular complexity index is 1080. The molecule has 2 aromatic carbocycles. The summed E-state index contributed by atoms with van der Waals surface area (Å²) in [7, 11) is 0. The summed E-state index contributed by atoms with van der Waals surface area (Å²) in [4.78, 5) is 8.64. The molecule has 9 heteroatoms. The van der Waals surface area contributed by atoms with E-state index < -0.39 is 0 Å². The van der Waals surface area contributed by atoms with Crippen molar-refractivity contribution >= 4 is 56.9 Å². The molecule has 4 aromatic rings. The summed E-state index contributed by atoms with van der Waals surface area (Å²) < 4.78 is 1.66. The first kappa shape index (κ1) is 15.9. The van der Waals surface area contributed by atoms with E-state index in [1.165, 1.54) is 12.4 Å². The summed E-state index contributed by atoms with van der Waals surface area (Å²) >= 11 is 12.4. The molecule has 7 nitrogen and oxygen atoms in total. The first-order chi connectivity index (χ1) is 12.1. The van der Waals surface area contributed by atoms with E-state index in [4.69, 9.17) is 23.2 Å². The van der Waals surface area contributed by atoms with Crippen LogP contribution < -0.4 is 10.5 Å². The van der Waals surface area contributed by atoms with Crippen molar-refractivity contribution in [3.63, 3.8) is 0 Å². The lowest BCUT2D eigenvalue weighted by Gasteiger charge is -2.23. The molecular formula is C16H10Cl2N5O2-. The van der Waals surface area contributed by atoms with Crippen LogP contribution in [0.4, 0.5) is 17.2 Å². The van der Waals surface area contributed by atoms with Gasteiger partial charge in [0.1, 0.15) is 5.52 Å². The fourth-order valence-corrected chi connectivity index (χ4v) is 3.16. The van der Waals surface area contributed by atoms with Gasteiger partial charge < -0.3 is 15.8 Å². The van der Waals surface area contributed by atoms with Crippen LogP contribution in [0, 0.1) is 5.21 Å². The summed E-state index contributed by atoms with van der Waals surface area (Å²) in [5, 5.41) is 24.6. The number of fused-ring (bicyclic) bond motifs is 3. The standard InChI is InChI=1S/C16H10Cl2N5O2/c17-9-3-1-4-10(18)14(9)21-16-13-7-19-8-22(13)15-11(20-16)5-2-6-12(15)23(24)25/h1-8,24H,(H,20,21)/q-1. The third kappa shape index (κ3) is 2.63. The Labute approximate surface area is 151 Å². The molecule has 0 aliphatic carbocycles. The normalized spacial score (nSPS) is 11.2. The smallest absolute Gasteiger partial charge is 0.157 e. The molecular weight excluding hydrogens is 365 g/mol. The monoisotopic (exact) mass is 374 g/mol. The second kappa shape index (κ2) is 6.05. The van der Waals surface area contributed by atoms with Gasteiger partial charge in [-0.25, -0.2) is 9.97 Å². The predicted octanol–water partition coefficient (Wildman–Crippen LogP) is 4.63. The van der Waals surface area contributed by atoms with Crippen LogP contribution in [0.15, 0.2) is 48.9 Å². The van der Waals surface area contributed by atoms with Crippen molar-refractivity contribution in [3.8, 4) is 0 Å². The highest BCUT2D eigenvalue weighted by Crippen LogP contribution is 2.35. The van der Waals surface area contributed by atoms with E-state index in [0.29, 0.717) is 38.1 Å². The van der Waals surface area contributed by atoms with Crippen molar-refractivity contribution in [2.24, 2.45) is 0 Å². The fraction of sp³-hybridized carbons (Fsp3) is 0. The molecule has 0 radical (unpaired) electrons. The van der Waals surface area contributed by atoms with Gasteiger partial charge in [-0.05, 0) is 24.3 Å². The van der Waals surface area contributed by atoms with Gasteiger partial charge in [-0.1, -0.05) is 35.3 Å². The van der Waals surface area contributed by atoms with Crippen molar-refractivity contribution in [2.75, 3.05) is 10.5 Å². The topological polar surface area (TPSA) is 88.8 Å². The quantitative estimate of drug-likeness (QED) is 0.508. The Morgan fingerprint density at radius 1 is 1.12 bits per heavy atom. The Morgan fingerprint density at radius 3 is 2.56 bits per heavy atom. The number of benzene rings is 2. The van der Waals surface area contributed by atoms with Gasteiger partial charge in [-0.3, -0.25) is 9.61 Å². The van der Waals surface area contributed by atoms with Crippen LogP contribution in [0.2, 0.25) is 10.0 Å². The van der Waals surface area contributed by atoms with Crippen molar-refractivity contribution < 1.29 is 5.21 Å². The van der Waals surface area contributed by atoms with E-state index in [9.17, 15) is 10.4 Å². The summed E-state index contributed by atoms with van der Waals surface area (Å²) in [6, 6.07) is 10.0. The van der Waals surface area contributed by atoms with Crippen LogP contribution in [0.25, 0.3) is 16.6 Å². The van der Waals surface area contributed by atoms with Gasteiger partial charge in [-0.15, -0.1) is 0 Å². The Morgan fingerprint density at radius 2 is 1.84 bits per heavy atom. The highest BCUT2D eigenvalue weighted by Gasteiger charge is 2.14. The molecule has 0 spiro atoms. The molecule has 0 unspecified atom stereocenters. The third-order valence-electron chi connectivity index (χ3n) is 3.76. The lowest BCUT2D eigenvalue weighted by Crippen LogP contribution is -2.10. The number of hydrogen-bond donors (Lipinski definition) is 2. The molecule has 4 rings (SSSR count). The number of para-hydroxylation sites is 2. The third-order valence-corrected chi connectivity index (χ3v) is 4.39. The van der Waals surface area contributed by atoms with Crippen molar-refractivity contribution in [1.82, 2.24) is 14.4 Å². The maximum Gasteiger partial charge on any atom is 0.157 e. The van der Waals surface area contributed by atoms with Crippen molar-refractivity contribution in [1.29, 1.82) is 0 Å². The van der Waals surface area contributed by atoms with Crippen LogP contribution in [0.5, 0.6) is 0 Å². The average molecular weight is 375 g/mol. The molecule has 2 heterocycles. The molecule has 2 N–H and O–H groups in total. The van der Waals surface area contributed by atoms with Crippen molar-refractivity contribution in [3.05, 3.63) is 64.2 Å². The zero-order chi connectivity index (χ0) is 17.6. The lowest BCUT2D eigenvalue weighted by atomic mass is 10.2. The highest BCUT2D eigenvalue weighted by molar-refractivity contribution is 6.39. The number of hydrogen-bond acceptors (Lipinski definition) is 6. The predicted molar refractivity (Wildman–Crippen MR) is 97.9 cm³/mol. The molecule has 0 amide bonds. The number of imidazole rings is 1. The summed E-state index contributed by atoms with van der Waals surface area (Å²) in [5.41, 5.74) is 2.10. The van der Waals surface area contributed by atoms with Gasteiger partial charge in [0, 0.05) is 0 Å². The number of rotatable bonds is 3. The number of aromatic nitrogens is 3. The first-order valence-electron chi connectivity index (χ1n) is 7.18. The molecule has 126 valence electrons. The SMILES string of the molecule is [O-]N(O)c1cccc2nc(Nc3c(Cl)cccc3Cl)c3cncn3c12. The van der Waals surface area contributed by atoms with E-state index in [1.54, 1.807) is 40.9 Å². The van der Waals surface area contributed by atoms with Gasteiger partial charge in [0.2, 0.25) is 0 Å². The van der Waals surface area contributed by atoms with Gasteiger partial charge in [0.15, 0.2) is 5.82 Å². The minimum atomic E-state index is -0.193. The highest BCUT2D eigenvalue weighted by atomic mass is 35.5. The van der Waals surface area contributed by atoms with E-state index in [-0.39, 0.29) is 10.9 Å². The number of nitrogens with one attached hydrogen (secondary N) is 1. The second-order valence-electron chi connectivity index (χ2n) is 5.25. The van der Waals surface area contributed by atoms with Crippen LogP contribution in [-0.4, -0.2) is 19.6 Å². The lowest BCUT2D eigenvalue weighted by molar-refractivity contribution is 0.297. The van der Waals surface area contributed by atoms with Crippen LogP contribution in [0.3, 0.4) is 0 Å². The molecule has 0 aliphatic heterocycles. The number of anilines is 3. The van der Waals surface area contributed by atoms with E-state index in [0.717, 1.165) is 0 Å². The maximum atomic E-state index is 11.5. The van der Waals surface area contributed by atoms with Gasteiger partial charge in [0.05, 0.1) is 45.0 Å². The Hall–Kier alpha value is -2.58. The molecule has 0 fully saturated rings. The average Bonchev–Trinajstić information content (AvgIpc) is 3.07. The van der Waals surface area contributed by atoms with E-state index in [1.807, 2.05) is 0 Å². The van der Waals surface area contributed by atoms with E-state index in [2.05, 4.69) is 15.3 Å². The largest absolute Gasteiger partial charge is 0.733 e. The van der Waals surface area contributed by atoms with E-state index >= 15 is 0 Å². The van der Waals surface area contributed by atoms with Crippen molar-refractivity contribution in [2.45, 2.75) is 0 Å². The summed E-state index contributed by atoms with van der Waals surface area (Å²) in [6.07, 6.45) is 3.12. The molecule has 0 saturated carbocycles. The van der Waals surface area contributed by atoms with Crippen LogP contribution in [-0.2, 0) is 0 Å². The number of nitrogens with zero attached hydrogens (tertiary/aromatic N) is 4. The van der Waals surface area contributed by atoms with Gasteiger partial charge in [-0.2, -0.15) is 0 Å². The summed E-state index contributed by atoms with van der Waals surface area (Å²) in [5.74, 6) is 0.465. The van der Waals surface area contributed by atoms with Gasteiger partial charge in [0.25, 0.3) is 0 Å². The molecule has 2 aromatic heterocycles. The molecule has 0 saturated heterocycles. The number of halogens is 2. The molecule has 0 aliphatic rings. The summed E-state index contributed by atoms with van der Waals surface area (Å²) in [6.45, 7) is 0. The maximum absolute atomic E-state index is 11.5. The van der Waals surface area contributed by atoms with Crippen LogP contribution >= 0.6 is 23.2 Å². The molecule has 25 heavy (non-hydrogen) atoms. The van der Waals surface area contributed by atoms with Crippen LogP contribution in [0.1, 0.15) is 0 Å². The van der Waals surface area contributed by atoms with Gasteiger partial charge >= 0.3 is 0 Å². The molecule has 0 atom stereocenters.